The first-order valence-electron chi connectivity index (χ1n) is 12.4. The fraction of sp³-hybridized carbons (Fsp3) is 0.615. The number of carbonyl (C=O) groups is 4. The van der Waals surface area contributed by atoms with Crippen LogP contribution in [-0.2, 0) is 25.7 Å². The predicted molar refractivity (Wildman–Crippen MR) is 133 cm³/mol. The quantitative estimate of drug-likeness (QED) is 0.551. The van der Waals surface area contributed by atoms with Gasteiger partial charge < -0.3 is 15.0 Å². The van der Waals surface area contributed by atoms with E-state index < -0.39 is 35.2 Å². The van der Waals surface area contributed by atoms with Crippen LogP contribution >= 0.6 is 0 Å². The largest absolute Gasteiger partial charge is 0.443 e. The molecular formula is C26H39FN4O5. The van der Waals surface area contributed by atoms with Gasteiger partial charge in [0.2, 0.25) is 17.7 Å². The summed E-state index contributed by atoms with van der Waals surface area (Å²) >= 11 is 0. The summed E-state index contributed by atoms with van der Waals surface area (Å²) in [6.07, 6.45) is 1.64. The lowest BCUT2D eigenvalue weighted by Gasteiger charge is -2.35. The highest BCUT2D eigenvalue weighted by molar-refractivity contribution is 5.89. The van der Waals surface area contributed by atoms with Gasteiger partial charge in [-0.2, -0.15) is 0 Å². The SMILES string of the molecule is Cc1ccc(CNC(=O)[C@H](C)CC(=O)N(CC(=O)N2CCCC[C@@H]2C)NC(=O)OC(C)(C)C)c(F)c1. The van der Waals surface area contributed by atoms with Crippen molar-refractivity contribution in [1.29, 1.82) is 0 Å². The Kier molecular flexibility index (Phi) is 10.2. The standard InChI is InChI=1S/C26H39FN4O5/c1-17-10-11-20(21(27)13-17)15-28-24(34)18(2)14-22(32)31(29-25(35)36-26(4,5)6)16-23(33)30-12-8-7-9-19(30)3/h10-11,13,18-19H,7-9,12,14-16H2,1-6H3,(H,28,34)(H,29,35)/t18-,19+/m1/s1. The Morgan fingerprint density at radius 1 is 1.22 bits per heavy atom. The van der Waals surface area contributed by atoms with E-state index in [0.717, 1.165) is 29.8 Å². The molecule has 200 valence electrons. The highest BCUT2D eigenvalue weighted by Gasteiger charge is 2.30. The number of amides is 4. The van der Waals surface area contributed by atoms with E-state index in [0.29, 0.717) is 12.1 Å². The van der Waals surface area contributed by atoms with Crippen LogP contribution in [0, 0.1) is 18.7 Å². The number of hydrazine groups is 1. The van der Waals surface area contributed by atoms with Gasteiger partial charge >= 0.3 is 6.09 Å². The number of nitrogens with zero attached hydrogens (tertiary/aromatic N) is 2. The lowest BCUT2D eigenvalue weighted by molar-refractivity contribution is -0.146. The number of benzene rings is 1. The van der Waals surface area contributed by atoms with Crippen LogP contribution in [0.5, 0.6) is 0 Å². The third-order valence-electron chi connectivity index (χ3n) is 5.93. The summed E-state index contributed by atoms with van der Waals surface area (Å²) in [7, 11) is 0. The van der Waals surface area contributed by atoms with Crippen molar-refractivity contribution in [3.63, 3.8) is 0 Å². The number of hydrogen-bond acceptors (Lipinski definition) is 5. The van der Waals surface area contributed by atoms with Gasteiger partial charge in [-0.25, -0.2) is 19.6 Å². The van der Waals surface area contributed by atoms with Gasteiger partial charge in [-0.3, -0.25) is 14.4 Å². The number of rotatable bonds is 7. The van der Waals surface area contributed by atoms with Gasteiger partial charge in [-0.15, -0.1) is 0 Å². The molecule has 2 atom stereocenters. The molecule has 0 spiro atoms. The molecular weight excluding hydrogens is 467 g/mol. The normalized spacial score (nSPS) is 16.6. The van der Waals surface area contributed by atoms with E-state index in [9.17, 15) is 23.6 Å². The number of halogens is 1. The van der Waals surface area contributed by atoms with Crippen molar-refractivity contribution in [2.24, 2.45) is 5.92 Å². The third-order valence-corrected chi connectivity index (χ3v) is 5.93. The summed E-state index contributed by atoms with van der Waals surface area (Å²) < 4.78 is 19.3. The molecule has 1 aliphatic rings. The highest BCUT2D eigenvalue weighted by Crippen LogP contribution is 2.17. The summed E-state index contributed by atoms with van der Waals surface area (Å²) in [4.78, 5) is 52.7. The fourth-order valence-electron chi connectivity index (χ4n) is 3.91. The van der Waals surface area contributed by atoms with Crippen LogP contribution < -0.4 is 10.7 Å². The van der Waals surface area contributed by atoms with Crippen molar-refractivity contribution >= 4 is 23.8 Å². The minimum atomic E-state index is -0.873. The maximum atomic E-state index is 14.1. The van der Waals surface area contributed by atoms with Crippen LogP contribution in [0.1, 0.15) is 71.4 Å². The number of carbonyl (C=O) groups excluding carboxylic acids is 4. The number of ether oxygens (including phenoxy) is 1. The molecule has 2 N–H and O–H groups in total. The van der Waals surface area contributed by atoms with E-state index in [2.05, 4.69) is 10.7 Å². The molecule has 1 aliphatic heterocycles. The molecule has 10 heteroatoms. The van der Waals surface area contributed by atoms with Crippen molar-refractivity contribution in [2.75, 3.05) is 13.1 Å². The lowest BCUT2D eigenvalue weighted by Crippen LogP contribution is -2.54. The number of nitrogens with one attached hydrogen (secondary N) is 2. The average Bonchev–Trinajstić information content (AvgIpc) is 2.76. The van der Waals surface area contributed by atoms with E-state index in [-0.39, 0.29) is 31.5 Å². The van der Waals surface area contributed by atoms with Gasteiger partial charge in [0.05, 0.1) is 0 Å². The molecule has 0 aliphatic carbocycles. The van der Waals surface area contributed by atoms with Gasteiger partial charge in [0.25, 0.3) is 0 Å². The number of piperidine rings is 1. The first-order valence-corrected chi connectivity index (χ1v) is 12.4. The number of hydrogen-bond donors (Lipinski definition) is 2. The van der Waals surface area contributed by atoms with Crippen LogP contribution in [0.15, 0.2) is 18.2 Å². The molecule has 36 heavy (non-hydrogen) atoms. The second-order valence-electron chi connectivity index (χ2n) is 10.4. The van der Waals surface area contributed by atoms with Crippen LogP contribution in [0.2, 0.25) is 0 Å². The molecule has 0 aromatic heterocycles. The first kappa shape index (κ1) is 29.1. The van der Waals surface area contributed by atoms with Crippen molar-refractivity contribution in [2.45, 2.75) is 85.4 Å². The van der Waals surface area contributed by atoms with E-state index in [4.69, 9.17) is 4.74 Å². The molecule has 1 fully saturated rings. The maximum Gasteiger partial charge on any atom is 0.426 e. The van der Waals surface area contributed by atoms with E-state index >= 15 is 0 Å². The van der Waals surface area contributed by atoms with Gasteiger partial charge in [0.1, 0.15) is 18.0 Å². The number of aryl methyl sites for hydroxylation is 1. The molecule has 0 radical (unpaired) electrons. The predicted octanol–water partition coefficient (Wildman–Crippen LogP) is 3.45. The Bertz CT molecular complexity index is 962. The zero-order chi connectivity index (χ0) is 27.0. The number of likely N-dealkylation sites (tertiary alicyclic amines) is 1. The molecule has 4 amide bonds. The Morgan fingerprint density at radius 3 is 2.53 bits per heavy atom. The zero-order valence-electron chi connectivity index (χ0n) is 22.2. The minimum Gasteiger partial charge on any atom is -0.443 e. The molecule has 0 unspecified atom stereocenters. The summed E-state index contributed by atoms with van der Waals surface area (Å²) in [5.41, 5.74) is 2.67. The van der Waals surface area contributed by atoms with Gasteiger partial charge in [-0.05, 0) is 65.5 Å². The van der Waals surface area contributed by atoms with Crippen molar-refractivity contribution in [3.05, 3.63) is 35.1 Å². The average molecular weight is 507 g/mol. The molecule has 1 heterocycles. The molecule has 1 saturated heterocycles. The molecule has 0 bridgehead atoms. The zero-order valence-corrected chi connectivity index (χ0v) is 22.2. The summed E-state index contributed by atoms with van der Waals surface area (Å²) in [5.74, 6) is -2.55. The lowest BCUT2D eigenvalue weighted by atomic mass is 10.0. The van der Waals surface area contributed by atoms with Crippen LogP contribution in [0.3, 0.4) is 0 Å². The Morgan fingerprint density at radius 2 is 1.92 bits per heavy atom. The molecule has 9 nitrogen and oxygen atoms in total. The van der Waals surface area contributed by atoms with Crippen LogP contribution in [-0.4, -0.2) is 58.5 Å². The Hall–Kier alpha value is -3.17. The van der Waals surface area contributed by atoms with Crippen LogP contribution in [0.4, 0.5) is 9.18 Å². The minimum absolute atomic E-state index is 0.0192. The highest BCUT2D eigenvalue weighted by atomic mass is 19.1. The van der Waals surface area contributed by atoms with E-state index in [1.54, 1.807) is 51.7 Å². The van der Waals surface area contributed by atoms with Crippen molar-refractivity contribution in [3.8, 4) is 0 Å². The monoisotopic (exact) mass is 506 g/mol. The third kappa shape index (κ3) is 9.13. The van der Waals surface area contributed by atoms with Gasteiger partial charge in [0, 0.05) is 37.0 Å². The smallest absolute Gasteiger partial charge is 0.426 e. The van der Waals surface area contributed by atoms with Gasteiger partial charge in [-0.1, -0.05) is 19.1 Å². The molecule has 1 aromatic carbocycles. The first-order chi connectivity index (χ1) is 16.8. The molecule has 0 saturated carbocycles. The second-order valence-corrected chi connectivity index (χ2v) is 10.4. The summed E-state index contributed by atoms with van der Waals surface area (Å²) in [6, 6.07) is 4.77. The second kappa shape index (κ2) is 12.7. The fourth-order valence-corrected chi connectivity index (χ4v) is 3.91. The van der Waals surface area contributed by atoms with Crippen molar-refractivity contribution < 1.29 is 28.3 Å². The molecule has 2 rings (SSSR count). The summed E-state index contributed by atoms with van der Waals surface area (Å²) in [6.45, 7) is 10.5. The van der Waals surface area contributed by atoms with Crippen LogP contribution in [0.25, 0.3) is 0 Å². The Labute approximate surface area is 212 Å². The maximum absolute atomic E-state index is 14.1. The Balaban J connectivity index is 2.04. The topological polar surface area (TPSA) is 108 Å². The molecule has 1 aromatic rings. The van der Waals surface area contributed by atoms with Crippen molar-refractivity contribution in [1.82, 2.24) is 20.7 Å². The van der Waals surface area contributed by atoms with Gasteiger partial charge in [0.15, 0.2) is 0 Å². The van der Waals surface area contributed by atoms with E-state index in [1.807, 2.05) is 6.92 Å². The summed E-state index contributed by atoms with van der Waals surface area (Å²) in [5, 5.41) is 3.55. The van der Waals surface area contributed by atoms with E-state index in [1.165, 1.54) is 6.07 Å².